The minimum atomic E-state index is -0.368. The first-order valence-electron chi connectivity index (χ1n) is 11.7. The van der Waals surface area contributed by atoms with E-state index >= 15 is 0 Å². The molecule has 4 unspecified atom stereocenters. The minimum absolute atomic E-state index is 0.00343. The van der Waals surface area contributed by atoms with Gasteiger partial charge in [-0.2, -0.15) is 0 Å². The monoisotopic (exact) mass is 434 g/mol. The van der Waals surface area contributed by atoms with Crippen molar-refractivity contribution in [1.82, 2.24) is 0 Å². The Kier molecular flexibility index (Phi) is 15.4. The van der Waals surface area contributed by atoms with Crippen LogP contribution in [0.5, 0.6) is 0 Å². The van der Waals surface area contributed by atoms with Gasteiger partial charge in [-0.15, -0.1) is 0 Å². The molecule has 6 heteroatoms. The molecule has 0 heterocycles. The Morgan fingerprint density at radius 2 is 0.633 bits per heavy atom. The van der Waals surface area contributed by atoms with Crippen molar-refractivity contribution >= 4 is 0 Å². The molecule has 0 radical (unpaired) electrons. The Bertz CT molecular complexity index is 371. The van der Waals surface area contributed by atoms with Crippen molar-refractivity contribution < 1.29 is 28.4 Å². The van der Waals surface area contributed by atoms with Gasteiger partial charge >= 0.3 is 0 Å². The van der Waals surface area contributed by atoms with Crippen molar-refractivity contribution in [1.29, 1.82) is 0 Å². The first kappa shape index (κ1) is 29.8. The number of rotatable bonds is 17. The SMILES string of the molecule is CC(C)OCC(OC(C)C)C(OC(C)C)C(OC(C)C)C(COC(C)C)OC(C)C. The van der Waals surface area contributed by atoms with Gasteiger partial charge in [0.2, 0.25) is 0 Å². The molecule has 0 aliphatic heterocycles. The lowest BCUT2D eigenvalue weighted by Crippen LogP contribution is -2.55. The van der Waals surface area contributed by atoms with Crippen molar-refractivity contribution in [3.8, 4) is 0 Å². The number of hydrogen-bond donors (Lipinski definition) is 0. The first-order valence-corrected chi connectivity index (χ1v) is 11.7. The Balaban J connectivity index is 6.01. The van der Waals surface area contributed by atoms with Crippen molar-refractivity contribution in [2.45, 2.75) is 144 Å². The number of ether oxygens (including phenoxy) is 6. The van der Waals surface area contributed by atoms with Crippen LogP contribution in [0.1, 0.15) is 83.1 Å². The van der Waals surface area contributed by atoms with E-state index in [2.05, 4.69) is 0 Å². The quantitative estimate of drug-likeness (QED) is 0.321. The van der Waals surface area contributed by atoms with Crippen LogP contribution in [0.4, 0.5) is 0 Å². The zero-order valence-corrected chi connectivity index (χ0v) is 21.6. The Morgan fingerprint density at radius 1 is 0.367 bits per heavy atom. The Morgan fingerprint density at radius 3 is 0.833 bits per heavy atom. The van der Waals surface area contributed by atoms with Crippen LogP contribution in [0.25, 0.3) is 0 Å². The topological polar surface area (TPSA) is 55.4 Å². The Hall–Kier alpha value is -0.240. The molecule has 182 valence electrons. The van der Waals surface area contributed by atoms with Crippen LogP contribution < -0.4 is 0 Å². The van der Waals surface area contributed by atoms with Gasteiger partial charge in [0.15, 0.2) is 0 Å². The van der Waals surface area contributed by atoms with E-state index in [9.17, 15) is 0 Å². The van der Waals surface area contributed by atoms with Crippen LogP contribution >= 0.6 is 0 Å². The van der Waals surface area contributed by atoms with Gasteiger partial charge in [0, 0.05) is 0 Å². The highest BCUT2D eigenvalue weighted by atomic mass is 16.6. The molecule has 0 N–H and O–H groups in total. The second-order valence-corrected chi connectivity index (χ2v) is 9.51. The summed E-state index contributed by atoms with van der Waals surface area (Å²) in [7, 11) is 0. The number of hydrogen-bond acceptors (Lipinski definition) is 6. The third-order valence-corrected chi connectivity index (χ3v) is 4.00. The van der Waals surface area contributed by atoms with Crippen LogP contribution in [0, 0.1) is 0 Å². The maximum atomic E-state index is 6.41. The first-order chi connectivity index (χ1) is 13.8. The van der Waals surface area contributed by atoms with Crippen LogP contribution in [0.2, 0.25) is 0 Å². The second kappa shape index (κ2) is 15.5. The molecule has 0 aliphatic rings. The summed E-state index contributed by atoms with van der Waals surface area (Å²) in [5.74, 6) is 0. The van der Waals surface area contributed by atoms with Crippen molar-refractivity contribution in [2.75, 3.05) is 13.2 Å². The van der Waals surface area contributed by atoms with E-state index in [0.717, 1.165) is 0 Å². The smallest absolute Gasteiger partial charge is 0.115 e. The van der Waals surface area contributed by atoms with Gasteiger partial charge in [0.25, 0.3) is 0 Å². The second-order valence-electron chi connectivity index (χ2n) is 9.51. The maximum Gasteiger partial charge on any atom is 0.115 e. The van der Waals surface area contributed by atoms with Gasteiger partial charge in [-0.25, -0.2) is 0 Å². The fourth-order valence-corrected chi connectivity index (χ4v) is 3.08. The standard InChI is InChI=1S/C24H50O6/c1-15(2)25-13-21(27-17(5)6)23(29-19(9)10)24(30-20(11)12)22(28-18(7)8)14-26-16(3)4/h15-24H,13-14H2,1-12H3. The van der Waals surface area contributed by atoms with E-state index in [-0.39, 0.29) is 61.0 Å². The van der Waals surface area contributed by atoms with Crippen LogP contribution in [0.15, 0.2) is 0 Å². The van der Waals surface area contributed by atoms with Crippen molar-refractivity contribution in [2.24, 2.45) is 0 Å². The largest absolute Gasteiger partial charge is 0.376 e. The van der Waals surface area contributed by atoms with E-state index in [1.165, 1.54) is 0 Å². The van der Waals surface area contributed by atoms with E-state index in [0.29, 0.717) is 13.2 Å². The highest BCUT2D eigenvalue weighted by Crippen LogP contribution is 2.24. The molecule has 0 rings (SSSR count). The van der Waals surface area contributed by atoms with Crippen LogP contribution in [-0.4, -0.2) is 74.3 Å². The molecule has 4 atom stereocenters. The van der Waals surface area contributed by atoms with Gasteiger partial charge in [-0.3, -0.25) is 0 Å². The molecule has 0 bridgehead atoms. The van der Waals surface area contributed by atoms with Gasteiger partial charge in [0.1, 0.15) is 24.4 Å². The predicted octanol–water partition coefficient (Wildman–Crippen LogP) is 5.01. The molecule has 0 aliphatic carbocycles. The molecule has 0 fully saturated rings. The summed E-state index contributed by atoms with van der Waals surface area (Å²) in [6.07, 6.45) is -1.08. The zero-order valence-electron chi connectivity index (χ0n) is 21.6. The Labute approximate surface area is 186 Å². The lowest BCUT2D eigenvalue weighted by Gasteiger charge is -2.40. The summed E-state index contributed by atoms with van der Waals surface area (Å²) in [6.45, 7) is 25.1. The third-order valence-electron chi connectivity index (χ3n) is 4.00. The van der Waals surface area contributed by atoms with Crippen LogP contribution in [0.3, 0.4) is 0 Å². The molecule has 0 amide bonds. The summed E-state index contributed by atoms with van der Waals surface area (Å²) in [5.41, 5.74) is 0. The maximum absolute atomic E-state index is 6.41. The fraction of sp³-hybridized carbons (Fsp3) is 1.00. The highest BCUT2D eigenvalue weighted by molar-refractivity contribution is 4.88. The third kappa shape index (κ3) is 13.9. The van der Waals surface area contributed by atoms with Crippen molar-refractivity contribution in [3.63, 3.8) is 0 Å². The average molecular weight is 435 g/mol. The highest BCUT2D eigenvalue weighted by Gasteiger charge is 2.40. The lowest BCUT2D eigenvalue weighted by molar-refractivity contribution is -0.226. The van der Waals surface area contributed by atoms with Gasteiger partial charge in [-0.1, -0.05) is 0 Å². The molecule has 0 saturated carbocycles. The summed E-state index contributed by atoms with van der Waals surface area (Å²) < 4.78 is 37.3. The molecular formula is C24H50O6. The normalized spacial score (nSPS) is 17.0. The zero-order chi connectivity index (χ0) is 23.4. The average Bonchev–Trinajstić information content (AvgIpc) is 2.57. The van der Waals surface area contributed by atoms with E-state index in [4.69, 9.17) is 28.4 Å². The van der Waals surface area contributed by atoms with E-state index < -0.39 is 0 Å². The molecule has 0 aromatic carbocycles. The fourth-order valence-electron chi connectivity index (χ4n) is 3.08. The van der Waals surface area contributed by atoms with Gasteiger partial charge in [0.05, 0.1) is 49.8 Å². The summed E-state index contributed by atoms with van der Waals surface area (Å²) in [5, 5.41) is 0. The molecule has 0 saturated heterocycles. The van der Waals surface area contributed by atoms with Crippen molar-refractivity contribution in [3.05, 3.63) is 0 Å². The summed E-state index contributed by atoms with van der Waals surface area (Å²) in [6, 6.07) is 0. The van der Waals surface area contributed by atoms with Crippen LogP contribution in [-0.2, 0) is 28.4 Å². The molecule has 6 nitrogen and oxygen atoms in total. The molecule has 0 spiro atoms. The lowest BCUT2D eigenvalue weighted by atomic mass is 10.0. The van der Waals surface area contributed by atoms with Gasteiger partial charge < -0.3 is 28.4 Å². The molecular weight excluding hydrogens is 384 g/mol. The predicted molar refractivity (Wildman–Crippen MR) is 122 cm³/mol. The molecule has 30 heavy (non-hydrogen) atoms. The molecule has 0 aromatic rings. The van der Waals surface area contributed by atoms with Gasteiger partial charge in [-0.05, 0) is 83.1 Å². The minimum Gasteiger partial charge on any atom is -0.376 e. The molecule has 0 aromatic heterocycles. The summed E-state index contributed by atoms with van der Waals surface area (Å²) >= 11 is 0. The van der Waals surface area contributed by atoms with E-state index in [1.807, 2.05) is 83.1 Å². The summed E-state index contributed by atoms with van der Waals surface area (Å²) in [4.78, 5) is 0. The van der Waals surface area contributed by atoms with E-state index in [1.54, 1.807) is 0 Å².